The van der Waals surface area contributed by atoms with Crippen LogP contribution in [0.15, 0.2) is 39.7 Å². The highest BCUT2D eigenvalue weighted by Crippen LogP contribution is 2.34. The molecular formula is C27H36N4O4S2. The van der Waals surface area contributed by atoms with Crippen LogP contribution >= 0.6 is 23.1 Å². The highest BCUT2D eigenvalue weighted by molar-refractivity contribution is 8.00. The van der Waals surface area contributed by atoms with Crippen molar-refractivity contribution in [1.29, 1.82) is 0 Å². The minimum absolute atomic E-state index is 0.194. The summed E-state index contributed by atoms with van der Waals surface area (Å²) in [6.07, 6.45) is 9.04. The van der Waals surface area contributed by atoms with Crippen molar-refractivity contribution in [3.63, 3.8) is 0 Å². The second-order valence-corrected chi connectivity index (χ2v) is 11.6. The van der Waals surface area contributed by atoms with E-state index in [1.165, 1.54) is 42.0 Å². The van der Waals surface area contributed by atoms with Crippen molar-refractivity contribution in [2.75, 3.05) is 12.4 Å². The minimum atomic E-state index is -0.701. The van der Waals surface area contributed by atoms with Crippen LogP contribution in [0.1, 0.15) is 82.6 Å². The van der Waals surface area contributed by atoms with E-state index in [0.717, 1.165) is 30.6 Å². The molecule has 3 aromatic heterocycles. The van der Waals surface area contributed by atoms with Gasteiger partial charge in [-0.3, -0.25) is 14.2 Å². The van der Waals surface area contributed by atoms with Crippen LogP contribution in [0.25, 0.3) is 10.2 Å². The summed E-state index contributed by atoms with van der Waals surface area (Å²) in [5.74, 6) is -0.134. The zero-order valence-corrected chi connectivity index (χ0v) is 23.8. The van der Waals surface area contributed by atoms with Crippen LogP contribution < -0.4 is 10.9 Å². The third-order valence-electron chi connectivity index (χ3n) is 6.19. The van der Waals surface area contributed by atoms with Crippen LogP contribution in [0.2, 0.25) is 0 Å². The lowest BCUT2D eigenvalue weighted by Crippen LogP contribution is -2.35. The Hall–Kier alpha value is -2.72. The number of amides is 1. The van der Waals surface area contributed by atoms with E-state index in [0.29, 0.717) is 39.2 Å². The topological polar surface area (TPSA) is 103 Å². The number of rotatable bonds is 8. The summed E-state index contributed by atoms with van der Waals surface area (Å²) in [6.45, 7) is 8.21. The number of nitrogens with one attached hydrogen (secondary N) is 1. The zero-order valence-electron chi connectivity index (χ0n) is 22.2. The minimum Gasteiger partial charge on any atom is -0.465 e. The Morgan fingerprint density at radius 1 is 1.19 bits per heavy atom. The maximum Gasteiger partial charge on any atom is 0.339 e. The largest absolute Gasteiger partial charge is 0.465 e. The third-order valence-corrected chi connectivity index (χ3v) is 8.33. The molecule has 1 amide bonds. The van der Waals surface area contributed by atoms with Crippen LogP contribution in [-0.2, 0) is 9.53 Å². The lowest BCUT2D eigenvalue weighted by molar-refractivity contribution is -0.120. The fraction of sp³-hybridized carbons (Fsp3) is 0.519. The van der Waals surface area contributed by atoms with Gasteiger partial charge in [0.05, 0.1) is 19.0 Å². The number of aromatic nitrogens is 3. The van der Waals surface area contributed by atoms with Gasteiger partial charge in [0.2, 0.25) is 5.91 Å². The van der Waals surface area contributed by atoms with Gasteiger partial charge < -0.3 is 10.1 Å². The summed E-state index contributed by atoms with van der Waals surface area (Å²) in [7, 11) is 1.30. The first-order chi connectivity index (χ1) is 17.9. The first-order valence-corrected chi connectivity index (χ1v) is 14.6. The molecule has 0 aromatic carbocycles. The molecule has 1 saturated carbocycles. The molecule has 0 spiro atoms. The number of pyridine rings is 1. The lowest BCUT2D eigenvalue weighted by atomic mass is 9.84. The van der Waals surface area contributed by atoms with E-state index in [4.69, 9.17) is 4.74 Å². The van der Waals surface area contributed by atoms with Crippen LogP contribution in [0.5, 0.6) is 0 Å². The van der Waals surface area contributed by atoms with Gasteiger partial charge in [0.15, 0.2) is 0 Å². The highest BCUT2D eigenvalue weighted by atomic mass is 32.2. The maximum atomic E-state index is 13.5. The number of anilines is 1. The van der Waals surface area contributed by atoms with Crippen molar-refractivity contribution < 1.29 is 14.3 Å². The van der Waals surface area contributed by atoms with Crippen LogP contribution in [-0.4, -0.2) is 38.8 Å². The Labute approximate surface area is 226 Å². The Morgan fingerprint density at radius 3 is 2.54 bits per heavy atom. The number of ether oxygens (including phenoxy) is 1. The number of esters is 1. The summed E-state index contributed by atoms with van der Waals surface area (Å²) in [5.41, 5.74) is 0.801. The predicted octanol–water partition coefficient (Wildman–Crippen LogP) is 6.32. The number of fused-ring (bicyclic) bond motifs is 1. The quantitative estimate of drug-likeness (QED) is 0.262. The Bertz CT molecular complexity index is 1250. The van der Waals surface area contributed by atoms with Gasteiger partial charge in [-0.05, 0) is 24.5 Å². The Morgan fingerprint density at radius 2 is 1.92 bits per heavy atom. The van der Waals surface area contributed by atoms with E-state index in [1.54, 1.807) is 23.9 Å². The van der Waals surface area contributed by atoms with Gasteiger partial charge in [0.25, 0.3) is 5.56 Å². The molecule has 10 heteroatoms. The smallest absolute Gasteiger partial charge is 0.339 e. The summed E-state index contributed by atoms with van der Waals surface area (Å²) in [6, 6.07) is 2.40. The van der Waals surface area contributed by atoms with Gasteiger partial charge >= 0.3 is 5.97 Å². The van der Waals surface area contributed by atoms with Crippen molar-refractivity contribution in [1.82, 2.24) is 14.5 Å². The molecule has 4 rings (SSSR count). The average molecular weight is 545 g/mol. The van der Waals surface area contributed by atoms with Gasteiger partial charge in [-0.15, -0.1) is 23.1 Å². The normalized spacial score (nSPS) is 14.6. The van der Waals surface area contributed by atoms with Crippen LogP contribution in [0.4, 0.5) is 5.82 Å². The molecule has 3 aromatic rings. The van der Waals surface area contributed by atoms with E-state index < -0.39 is 12.0 Å². The third kappa shape index (κ3) is 7.19. The number of carbonyl (C=O) groups is 2. The first kappa shape index (κ1) is 28.8. The van der Waals surface area contributed by atoms with E-state index in [2.05, 4.69) is 29.1 Å². The fourth-order valence-electron chi connectivity index (χ4n) is 4.46. The number of hydrogen-bond acceptors (Lipinski definition) is 8. The standard InChI is InChI=1S/C25H30N4O4S2.C2H6/c1-15(2)35-19-13-34-22-21(19)27-14-29(24(22)31)18(11-16-7-5-4-6-8-16)23(30)28-20-10-9-17(12-26-20)25(32)33-3;1-2/h9-10,12-16,18H,4-8,11H2,1-3H3,(H,26,28,30);1-2H3. The molecule has 37 heavy (non-hydrogen) atoms. The van der Waals surface area contributed by atoms with Crippen LogP contribution in [0.3, 0.4) is 0 Å². The van der Waals surface area contributed by atoms with Crippen molar-refractivity contribution >= 4 is 51.0 Å². The molecule has 0 saturated heterocycles. The summed E-state index contributed by atoms with van der Waals surface area (Å²) < 4.78 is 6.75. The van der Waals surface area contributed by atoms with E-state index in [-0.39, 0.29) is 11.5 Å². The SMILES string of the molecule is CC.COC(=O)c1ccc(NC(=O)C(CC2CCCCC2)n2cnc3c(SC(C)C)csc3c2=O)nc1. The molecule has 200 valence electrons. The summed E-state index contributed by atoms with van der Waals surface area (Å²) >= 11 is 3.06. The lowest BCUT2D eigenvalue weighted by Gasteiger charge is -2.27. The van der Waals surface area contributed by atoms with Gasteiger partial charge in [-0.25, -0.2) is 14.8 Å². The van der Waals surface area contributed by atoms with Crippen molar-refractivity contribution in [3.8, 4) is 0 Å². The molecule has 1 unspecified atom stereocenters. The summed E-state index contributed by atoms with van der Waals surface area (Å²) in [4.78, 5) is 48.4. The number of methoxy groups -OCH3 is 1. The van der Waals surface area contributed by atoms with Crippen molar-refractivity contribution in [2.24, 2.45) is 5.92 Å². The Balaban J connectivity index is 0.00000186. The number of carbonyl (C=O) groups excluding carboxylic acids is 2. The monoisotopic (exact) mass is 544 g/mol. The fourth-order valence-corrected chi connectivity index (χ4v) is 6.48. The second kappa shape index (κ2) is 13.7. The van der Waals surface area contributed by atoms with E-state index in [9.17, 15) is 14.4 Å². The highest BCUT2D eigenvalue weighted by Gasteiger charge is 2.28. The Kier molecular flexibility index (Phi) is 10.7. The first-order valence-electron chi connectivity index (χ1n) is 12.9. The zero-order chi connectivity index (χ0) is 26.9. The summed E-state index contributed by atoms with van der Waals surface area (Å²) in [5, 5.41) is 5.17. The number of thioether (sulfide) groups is 1. The van der Waals surface area contributed by atoms with Gasteiger partial charge in [0, 0.05) is 21.7 Å². The molecule has 0 radical (unpaired) electrons. The second-order valence-electron chi connectivity index (χ2n) is 9.07. The molecule has 0 bridgehead atoms. The number of nitrogens with zero attached hydrogens (tertiary/aromatic N) is 3. The van der Waals surface area contributed by atoms with Gasteiger partial charge in [-0.2, -0.15) is 0 Å². The molecular weight excluding hydrogens is 508 g/mol. The number of thiophene rings is 1. The van der Waals surface area contributed by atoms with Crippen molar-refractivity contribution in [3.05, 3.63) is 46.0 Å². The van der Waals surface area contributed by atoms with E-state index in [1.807, 2.05) is 19.2 Å². The maximum absolute atomic E-state index is 13.5. The number of hydrogen-bond donors (Lipinski definition) is 1. The molecule has 8 nitrogen and oxygen atoms in total. The van der Waals surface area contributed by atoms with Gasteiger partial charge in [0.1, 0.15) is 22.1 Å². The van der Waals surface area contributed by atoms with Crippen LogP contribution in [0, 0.1) is 5.92 Å². The molecule has 1 aliphatic carbocycles. The average Bonchev–Trinajstić information content (AvgIpc) is 3.32. The molecule has 1 aliphatic rings. The van der Waals surface area contributed by atoms with E-state index >= 15 is 0 Å². The molecule has 3 heterocycles. The molecule has 0 aliphatic heterocycles. The predicted molar refractivity (Wildman–Crippen MR) is 151 cm³/mol. The molecule has 1 fully saturated rings. The molecule has 1 N–H and O–H groups in total. The van der Waals surface area contributed by atoms with Crippen molar-refractivity contribution in [2.45, 2.75) is 82.4 Å². The van der Waals surface area contributed by atoms with Gasteiger partial charge in [-0.1, -0.05) is 59.8 Å². The molecule has 1 atom stereocenters.